The highest BCUT2D eigenvalue weighted by molar-refractivity contribution is 7.89. The van der Waals surface area contributed by atoms with E-state index in [9.17, 15) is 8.42 Å². The minimum atomic E-state index is -3.47. The lowest BCUT2D eigenvalue weighted by molar-refractivity contribution is 0.0455. The van der Waals surface area contributed by atoms with Gasteiger partial charge in [0.15, 0.2) is 0 Å². The molecule has 2 rings (SSSR count). The highest BCUT2D eigenvalue weighted by atomic mass is 32.2. The summed E-state index contributed by atoms with van der Waals surface area (Å²) in [6, 6.07) is 0.152. The molecule has 0 unspecified atom stereocenters. The van der Waals surface area contributed by atoms with Crippen LogP contribution < -0.4 is 0 Å². The fourth-order valence-corrected chi connectivity index (χ4v) is 3.94. The van der Waals surface area contributed by atoms with Gasteiger partial charge in [0.2, 0.25) is 10.0 Å². The van der Waals surface area contributed by atoms with Gasteiger partial charge in [-0.3, -0.25) is 4.68 Å². The van der Waals surface area contributed by atoms with Gasteiger partial charge in [-0.1, -0.05) is 0 Å². The summed E-state index contributed by atoms with van der Waals surface area (Å²) < 4.78 is 28.5. The quantitative estimate of drug-likeness (QED) is 0.800. The minimum absolute atomic E-state index is 0.0180. The third-order valence-corrected chi connectivity index (χ3v) is 6.32. The lowest BCUT2D eigenvalue weighted by Crippen LogP contribution is -2.57. The summed E-state index contributed by atoms with van der Waals surface area (Å²) in [5.41, 5.74) is -0.0180. The Kier molecular flexibility index (Phi) is 4.46. The molecule has 0 aliphatic heterocycles. The maximum atomic E-state index is 12.7. The highest BCUT2D eigenvalue weighted by Crippen LogP contribution is 2.37. The van der Waals surface area contributed by atoms with E-state index in [1.54, 1.807) is 17.9 Å². The van der Waals surface area contributed by atoms with Gasteiger partial charge in [-0.25, -0.2) is 8.42 Å². The minimum Gasteiger partial charge on any atom is -0.302 e. The molecule has 6 nitrogen and oxygen atoms in total. The second-order valence-corrected chi connectivity index (χ2v) is 8.53. The normalized spacial score (nSPS) is 18.5. The molecule has 0 radical (unpaired) electrons. The summed E-state index contributed by atoms with van der Waals surface area (Å²) in [5.74, 6) is 0. The molecular weight excluding hydrogens is 288 g/mol. The van der Waals surface area contributed by atoms with Crippen molar-refractivity contribution in [3.63, 3.8) is 0 Å². The predicted molar refractivity (Wildman–Crippen MR) is 82.7 cm³/mol. The van der Waals surface area contributed by atoms with E-state index < -0.39 is 10.0 Å². The van der Waals surface area contributed by atoms with E-state index in [-0.39, 0.29) is 16.5 Å². The van der Waals surface area contributed by atoms with Gasteiger partial charge in [-0.15, -0.1) is 0 Å². The average Bonchev–Trinajstić information content (AvgIpc) is 2.82. The lowest BCUT2D eigenvalue weighted by Gasteiger charge is -2.48. The molecule has 0 N–H and O–H groups in total. The van der Waals surface area contributed by atoms with Crippen molar-refractivity contribution >= 4 is 10.0 Å². The molecule has 0 spiro atoms. The van der Waals surface area contributed by atoms with Crippen LogP contribution in [0.5, 0.6) is 0 Å². The van der Waals surface area contributed by atoms with Crippen molar-refractivity contribution in [1.29, 1.82) is 0 Å². The summed E-state index contributed by atoms with van der Waals surface area (Å²) in [6.45, 7) is 4.47. The zero-order valence-corrected chi connectivity index (χ0v) is 14.4. The van der Waals surface area contributed by atoms with E-state index >= 15 is 0 Å². The van der Waals surface area contributed by atoms with Crippen LogP contribution in [0.3, 0.4) is 0 Å². The fourth-order valence-electron chi connectivity index (χ4n) is 2.75. The molecular formula is C14H26N4O2S. The smallest absolute Gasteiger partial charge is 0.246 e. The Hall–Kier alpha value is -0.920. The Balaban J connectivity index is 2.18. The molecule has 1 aliphatic rings. The molecule has 0 saturated heterocycles. The van der Waals surface area contributed by atoms with E-state index in [1.165, 1.54) is 10.5 Å². The number of sulfonamides is 1. The number of hydrogen-bond acceptors (Lipinski definition) is 4. The number of rotatable bonds is 6. The van der Waals surface area contributed by atoms with Crippen molar-refractivity contribution in [2.45, 2.75) is 49.6 Å². The standard InChI is InChI=1S/C14H26N4O2S/c1-12(2)18-10-13(9-15-18)21(19,20)17(5)11-14(16(3)4)7-6-8-14/h9-10,12H,6-8,11H2,1-5H3. The lowest BCUT2D eigenvalue weighted by atomic mass is 9.75. The second-order valence-electron chi connectivity index (χ2n) is 6.48. The first kappa shape index (κ1) is 16.5. The molecule has 1 aliphatic carbocycles. The highest BCUT2D eigenvalue weighted by Gasteiger charge is 2.42. The van der Waals surface area contributed by atoms with Gasteiger partial charge in [0, 0.05) is 31.4 Å². The van der Waals surface area contributed by atoms with E-state index in [0.717, 1.165) is 19.3 Å². The van der Waals surface area contributed by atoms with Crippen molar-refractivity contribution < 1.29 is 8.42 Å². The van der Waals surface area contributed by atoms with E-state index in [0.29, 0.717) is 6.54 Å². The van der Waals surface area contributed by atoms with Crippen LogP contribution in [-0.2, 0) is 10.0 Å². The second kappa shape index (κ2) is 5.70. The Labute approximate surface area is 127 Å². The molecule has 1 fully saturated rings. The largest absolute Gasteiger partial charge is 0.302 e. The first-order valence-corrected chi connectivity index (χ1v) is 8.81. The van der Waals surface area contributed by atoms with E-state index in [1.807, 2.05) is 27.9 Å². The van der Waals surface area contributed by atoms with Crippen LogP contribution in [0.25, 0.3) is 0 Å². The van der Waals surface area contributed by atoms with Gasteiger partial charge in [-0.05, 0) is 47.2 Å². The summed E-state index contributed by atoms with van der Waals surface area (Å²) in [7, 11) is 2.24. The first-order chi connectivity index (χ1) is 9.69. The van der Waals surface area contributed by atoms with Crippen molar-refractivity contribution in [3.8, 4) is 0 Å². The van der Waals surface area contributed by atoms with Gasteiger partial charge < -0.3 is 4.90 Å². The summed E-state index contributed by atoms with van der Waals surface area (Å²) >= 11 is 0. The van der Waals surface area contributed by atoms with Crippen molar-refractivity contribution in [3.05, 3.63) is 12.4 Å². The molecule has 120 valence electrons. The SMILES string of the molecule is CC(C)n1cc(S(=O)(=O)N(C)CC2(N(C)C)CCC2)cn1. The predicted octanol–water partition coefficient (Wildman–Crippen LogP) is 1.57. The van der Waals surface area contributed by atoms with E-state index in [4.69, 9.17) is 0 Å². The van der Waals surface area contributed by atoms with Gasteiger partial charge in [0.25, 0.3) is 0 Å². The number of likely N-dealkylation sites (N-methyl/N-ethyl adjacent to an activating group) is 2. The van der Waals surface area contributed by atoms with Crippen molar-refractivity contribution in [1.82, 2.24) is 19.0 Å². The van der Waals surface area contributed by atoms with Gasteiger partial charge in [-0.2, -0.15) is 9.40 Å². The Morgan fingerprint density at radius 3 is 2.33 bits per heavy atom. The van der Waals surface area contributed by atoms with Crippen LogP contribution in [0, 0.1) is 0 Å². The molecule has 0 atom stereocenters. The summed E-state index contributed by atoms with van der Waals surface area (Å²) in [5, 5.41) is 4.13. The van der Waals surface area contributed by atoms with Crippen LogP contribution in [0.1, 0.15) is 39.2 Å². The summed E-state index contributed by atoms with van der Waals surface area (Å²) in [4.78, 5) is 2.42. The molecule has 1 aromatic rings. The first-order valence-electron chi connectivity index (χ1n) is 7.37. The van der Waals surface area contributed by atoms with Gasteiger partial charge in [0.05, 0.1) is 6.20 Å². The van der Waals surface area contributed by atoms with Crippen LogP contribution in [0.4, 0.5) is 0 Å². The molecule has 7 heteroatoms. The Morgan fingerprint density at radius 2 is 1.95 bits per heavy atom. The van der Waals surface area contributed by atoms with Crippen LogP contribution >= 0.6 is 0 Å². The molecule has 0 amide bonds. The molecule has 0 aromatic carbocycles. The van der Waals surface area contributed by atoms with E-state index in [2.05, 4.69) is 10.00 Å². The summed E-state index contributed by atoms with van der Waals surface area (Å²) in [6.07, 6.45) is 6.31. The monoisotopic (exact) mass is 314 g/mol. The van der Waals surface area contributed by atoms with Crippen LogP contribution in [0.2, 0.25) is 0 Å². The van der Waals surface area contributed by atoms with Crippen LogP contribution in [-0.4, -0.2) is 60.6 Å². The topological polar surface area (TPSA) is 58.4 Å². The van der Waals surface area contributed by atoms with Gasteiger partial charge >= 0.3 is 0 Å². The maximum Gasteiger partial charge on any atom is 0.246 e. The molecule has 0 bridgehead atoms. The zero-order chi connectivity index (χ0) is 15.8. The molecule has 21 heavy (non-hydrogen) atoms. The van der Waals surface area contributed by atoms with Crippen molar-refractivity contribution in [2.24, 2.45) is 0 Å². The number of hydrogen-bond donors (Lipinski definition) is 0. The maximum absolute atomic E-state index is 12.7. The Bertz CT molecular complexity index is 588. The van der Waals surface area contributed by atoms with Crippen molar-refractivity contribution in [2.75, 3.05) is 27.7 Å². The Morgan fingerprint density at radius 1 is 1.33 bits per heavy atom. The number of aromatic nitrogens is 2. The zero-order valence-electron chi connectivity index (χ0n) is 13.6. The molecule has 1 saturated carbocycles. The van der Waals surface area contributed by atoms with Crippen LogP contribution in [0.15, 0.2) is 17.3 Å². The third kappa shape index (κ3) is 3.00. The average molecular weight is 314 g/mol. The third-order valence-electron chi connectivity index (χ3n) is 4.57. The molecule has 1 heterocycles. The van der Waals surface area contributed by atoms with Gasteiger partial charge in [0.1, 0.15) is 4.90 Å². The fraction of sp³-hybridized carbons (Fsp3) is 0.786. The molecule has 1 aromatic heterocycles. The number of nitrogens with zero attached hydrogens (tertiary/aromatic N) is 4.